The molecule has 0 spiro atoms. The Kier molecular flexibility index (Phi) is 4.22. The lowest BCUT2D eigenvalue weighted by Crippen LogP contribution is -2.24. The van der Waals surface area contributed by atoms with E-state index < -0.39 is 0 Å². The van der Waals surface area contributed by atoms with Crippen molar-refractivity contribution in [2.24, 2.45) is 5.92 Å². The predicted molar refractivity (Wildman–Crippen MR) is 102 cm³/mol. The molecule has 1 aliphatic heterocycles. The zero-order valence-electron chi connectivity index (χ0n) is 15.4. The Morgan fingerprint density at radius 1 is 1.11 bits per heavy atom. The van der Waals surface area contributed by atoms with E-state index in [4.69, 9.17) is 13.9 Å². The fraction of sp³-hybridized carbons (Fsp3) is 0.273. The molecule has 0 saturated carbocycles. The summed E-state index contributed by atoms with van der Waals surface area (Å²) in [7, 11) is 1.48. The number of fused-ring (bicyclic) bond motifs is 3. The summed E-state index contributed by atoms with van der Waals surface area (Å²) in [5, 5.41) is 0.375. The second-order valence-electron chi connectivity index (χ2n) is 7.06. The minimum Gasteiger partial charge on any atom is -0.496 e. The maximum Gasteiger partial charge on any atom is 0.311 e. The summed E-state index contributed by atoms with van der Waals surface area (Å²) in [5.41, 5.74) is 1.81. The molecule has 0 fully saturated rings. The molecule has 138 valence electrons. The molecule has 1 aromatic heterocycles. The molecule has 0 N–H and O–H groups in total. The Hall–Kier alpha value is -3.08. The van der Waals surface area contributed by atoms with Crippen LogP contribution in [0.3, 0.4) is 0 Å². The lowest BCUT2D eigenvalue weighted by atomic mass is 9.82. The van der Waals surface area contributed by atoms with Gasteiger partial charge in [-0.05, 0) is 5.92 Å². The van der Waals surface area contributed by atoms with Gasteiger partial charge in [0.25, 0.3) is 0 Å². The highest BCUT2D eigenvalue weighted by molar-refractivity contribution is 5.92. The van der Waals surface area contributed by atoms with Gasteiger partial charge in [0.1, 0.15) is 28.2 Å². The van der Waals surface area contributed by atoms with Gasteiger partial charge in [-0.2, -0.15) is 0 Å². The smallest absolute Gasteiger partial charge is 0.311 e. The van der Waals surface area contributed by atoms with E-state index in [1.807, 2.05) is 44.2 Å². The first kappa shape index (κ1) is 17.3. The molecule has 0 aliphatic carbocycles. The summed E-state index contributed by atoms with van der Waals surface area (Å²) in [5.74, 6) is 1.02. The maximum absolute atomic E-state index is 12.9. The first-order chi connectivity index (χ1) is 13.0. The molecule has 2 heterocycles. The van der Waals surface area contributed by atoms with Crippen LogP contribution >= 0.6 is 0 Å². The molecule has 1 atom stereocenters. The Balaban J connectivity index is 2.09. The van der Waals surface area contributed by atoms with Gasteiger partial charge in [-0.1, -0.05) is 44.2 Å². The molecule has 1 aliphatic rings. The van der Waals surface area contributed by atoms with Gasteiger partial charge in [0.05, 0.1) is 13.5 Å². The molecule has 0 radical (unpaired) electrons. The third-order valence-electron chi connectivity index (χ3n) is 5.03. The Morgan fingerprint density at radius 2 is 1.85 bits per heavy atom. The fourth-order valence-corrected chi connectivity index (χ4v) is 3.65. The van der Waals surface area contributed by atoms with Crippen LogP contribution in [0.15, 0.2) is 51.7 Å². The molecular formula is C22H20O5. The number of carbonyl (C=O) groups excluding carboxylic acids is 1. The third-order valence-corrected chi connectivity index (χ3v) is 5.03. The highest BCUT2D eigenvalue weighted by atomic mass is 16.5. The van der Waals surface area contributed by atoms with Crippen molar-refractivity contribution in [3.8, 4) is 22.8 Å². The number of hydrogen-bond donors (Lipinski definition) is 0. The van der Waals surface area contributed by atoms with Crippen molar-refractivity contribution in [3.63, 3.8) is 0 Å². The summed E-state index contributed by atoms with van der Waals surface area (Å²) >= 11 is 0. The predicted octanol–water partition coefficient (Wildman–Crippen LogP) is 4.52. The number of ether oxygens (including phenoxy) is 2. The van der Waals surface area contributed by atoms with Crippen LogP contribution in [-0.4, -0.2) is 13.1 Å². The van der Waals surface area contributed by atoms with Crippen LogP contribution in [0.4, 0.5) is 0 Å². The van der Waals surface area contributed by atoms with Crippen molar-refractivity contribution in [3.05, 3.63) is 58.3 Å². The maximum atomic E-state index is 12.9. The average molecular weight is 364 g/mol. The SMILES string of the molecule is COc1cc2c(c3oc(-c4ccccc4)cc(=O)c13)[C@H](C(C)C)CC(=O)O2. The van der Waals surface area contributed by atoms with Gasteiger partial charge in [-0.25, -0.2) is 0 Å². The Bertz CT molecular complexity index is 1080. The Labute approximate surface area is 156 Å². The van der Waals surface area contributed by atoms with E-state index in [1.165, 1.54) is 13.2 Å². The van der Waals surface area contributed by atoms with Gasteiger partial charge < -0.3 is 13.9 Å². The van der Waals surface area contributed by atoms with E-state index in [0.29, 0.717) is 28.2 Å². The van der Waals surface area contributed by atoms with Crippen molar-refractivity contribution in [1.82, 2.24) is 0 Å². The van der Waals surface area contributed by atoms with E-state index in [2.05, 4.69) is 0 Å². The molecule has 5 heteroatoms. The third kappa shape index (κ3) is 2.89. The number of benzene rings is 2. The van der Waals surface area contributed by atoms with Crippen LogP contribution in [0, 0.1) is 5.92 Å². The van der Waals surface area contributed by atoms with Crippen LogP contribution in [-0.2, 0) is 4.79 Å². The van der Waals surface area contributed by atoms with E-state index in [-0.39, 0.29) is 29.7 Å². The molecular weight excluding hydrogens is 344 g/mol. The minimum absolute atomic E-state index is 0.0937. The second kappa shape index (κ2) is 6.58. The monoisotopic (exact) mass is 364 g/mol. The summed E-state index contributed by atoms with van der Waals surface area (Å²) < 4.78 is 17.1. The van der Waals surface area contributed by atoms with E-state index >= 15 is 0 Å². The number of hydrogen-bond acceptors (Lipinski definition) is 5. The van der Waals surface area contributed by atoms with Crippen molar-refractivity contribution in [2.45, 2.75) is 26.2 Å². The van der Waals surface area contributed by atoms with Gasteiger partial charge in [-0.15, -0.1) is 0 Å². The molecule has 0 unspecified atom stereocenters. The van der Waals surface area contributed by atoms with Gasteiger partial charge >= 0.3 is 5.97 Å². The van der Waals surface area contributed by atoms with Crippen LogP contribution in [0.5, 0.6) is 11.5 Å². The van der Waals surface area contributed by atoms with Gasteiger partial charge in [0, 0.05) is 29.2 Å². The number of esters is 1. The normalized spacial score (nSPS) is 16.3. The van der Waals surface area contributed by atoms with Crippen molar-refractivity contribution in [2.75, 3.05) is 7.11 Å². The highest BCUT2D eigenvalue weighted by Gasteiger charge is 2.34. The highest BCUT2D eigenvalue weighted by Crippen LogP contribution is 2.46. The zero-order chi connectivity index (χ0) is 19.1. The zero-order valence-corrected chi connectivity index (χ0v) is 15.4. The lowest BCUT2D eigenvalue weighted by molar-refractivity contribution is -0.136. The molecule has 0 amide bonds. The first-order valence-electron chi connectivity index (χ1n) is 8.94. The fourth-order valence-electron chi connectivity index (χ4n) is 3.65. The molecule has 5 nitrogen and oxygen atoms in total. The number of carbonyl (C=O) groups is 1. The van der Waals surface area contributed by atoms with Gasteiger partial charge in [-0.3, -0.25) is 9.59 Å². The molecule has 27 heavy (non-hydrogen) atoms. The summed E-state index contributed by atoms with van der Waals surface area (Å²) in [6.45, 7) is 4.09. The molecule has 2 aromatic carbocycles. The first-order valence-corrected chi connectivity index (χ1v) is 8.94. The standard InChI is InChI=1S/C22H20O5/c1-12(2)14-9-19(24)26-18-11-17(25-3)21-15(23)10-16(27-22(21)20(14)18)13-7-5-4-6-8-13/h4-8,10-12,14H,9H2,1-3H3/t14-/m0/s1. The van der Waals surface area contributed by atoms with Crippen LogP contribution < -0.4 is 14.9 Å². The van der Waals surface area contributed by atoms with Crippen molar-refractivity contribution in [1.29, 1.82) is 0 Å². The molecule has 3 aromatic rings. The molecule has 0 bridgehead atoms. The van der Waals surface area contributed by atoms with Crippen LogP contribution in [0.25, 0.3) is 22.3 Å². The summed E-state index contributed by atoms with van der Waals surface area (Å²) in [6.07, 6.45) is 0.255. The van der Waals surface area contributed by atoms with E-state index in [1.54, 1.807) is 6.07 Å². The van der Waals surface area contributed by atoms with E-state index in [0.717, 1.165) is 11.1 Å². The van der Waals surface area contributed by atoms with Crippen LogP contribution in [0.1, 0.15) is 31.7 Å². The van der Waals surface area contributed by atoms with Crippen molar-refractivity contribution >= 4 is 16.9 Å². The number of methoxy groups -OCH3 is 1. The van der Waals surface area contributed by atoms with Gasteiger partial charge in [0.15, 0.2) is 5.43 Å². The van der Waals surface area contributed by atoms with E-state index in [9.17, 15) is 9.59 Å². The van der Waals surface area contributed by atoms with Crippen LogP contribution in [0.2, 0.25) is 0 Å². The molecule has 4 rings (SSSR count). The number of rotatable bonds is 3. The molecule has 0 saturated heterocycles. The minimum atomic E-state index is -0.288. The lowest BCUT2D eigenvalue weighted by Gasteiger charge is -2.28. The summed E-state index contributed by atoms with van der Waals surface area (Å²) in [6, 6.07) is 12.5. The largest absolute Gasteiger partial charge is 0.496 e. The second-order valence-corrected chi connectivity index (χ2v) is 7.06. The quantitative estimate of drug-likeness (QED) is 0.505. The summed E-state index contributed by atoms with van der Waals surface area (Å²) in [4.78, 5) is 25.0. The Morgan fingerprint density at radius 3 is 2.52 bits per heavy atom. The topological polar surface area (TPSA) is 65.7 Å². The van der Waals surface area contributed by atoms with Crippen molar-refractivity contribution < 1.29 is 18.7 Å². The average Bonchev–Trinajstić information content (AvgIpc) is 2.66. The van der Waals surface area contributed by atoms with Gasteiger partial charge in [0.2, 0.25) is 0 Å².